The quantitative estimate of drug-likeness (QED) is 0.735. The molecule has 0 bridgehead atoms. The molecule has 2 atom stereocenters. The number of halogens is 3. The molecule has 1 aliphatic rings. The van der Waals surface area contributed by atoms with Gasteiger partial charge in [0.1, 0.15) is 0 Å². The fourth-order valence-electron chi connectivity index (χ4n) is 3.01. The number of carbonyl (C=O) groups is 3. The monoisotopic (exact) mass is 387 g/mol. The first-order chi connectivity index (χ1) is 12.5. The van der Waals surface area contributed by atoms with E-state index in [4.69, 9.17) is 5.11 Å². The number of benzene rings is 1. The van der Waals surface area contributed by atoms with Crippen LogP contribution in [0.1, 0.15) is 11.1 Å². The average molecular weight is 387 g/mol. The lowest BCUT2D eigenvalue weighted by atomic mass is 9.96. The summed E-state index contributed by atoms with van der Waals surface area (Å²) >= 11 is 0. The van der Waals surface area contributed by atoms with E-state index in [2.05, 4.69) is 5.32 Å². The van der Waals surface area contributed by atoms with Gasteiger partial charge in [0, 0.05) is 18.8 Å². The van der Waals surface area contributed by atoms with Gasteiger partial charge >= 0.3 is 18.2 Å². The Hall–Kier alpha value is -2.62. The normalized spacial score (nSPS) is 20.3. The summed E-state index contributed by atoms with van der Waals surface area (Å²) < 4.78 is 38.9. The van der Waals surface area contributed by atoms with E-state index >= 15 is 0 Å². The average Bonchev–Trinajstić information content (AvgIpc) is 2.96. The van der Waals surface area contributed by atoms with Crippen molar-refractivity contribution in [2.24, 2.45) is 11.8 Å². The number of anilines is 1. The predicted octanol–water partition coefficient (Wildman–Crippen LogP) is 2.15. The zero-order valence-electron chi connectivity index (χ0n) is 14.8. The number of alkyl halides is 3. The molecule has 0 radical (unpaired) electrons. The summed E-state index contributed by atoms with van der Waals surface area (Å²) in [5.74, 6) is -6.06. The van der Waals surface area contributed by atoms with Gasteiger partial charge in [-0.1, -0.05) is 12.1 Å². The zero-order chi connectivity index (χ0) is 20.4. The molecule has 1 saturated heterocycles. The van der Waals surface area contributed by atoms with Gasteiger partial charge in [-0.2, -0.15) is 13.2 Å². The van der Waals surface area contributed by atoms with Crippen molar-refractivity contribution >= 4 is 23.6 Å². The molecule has 2 rings (SSSR count). The lowest BCUT2D eigenvalue weighted by molar-refractivity contribution is -0.188. The molecular formula is C17H20F3N3O4. The number of carboxylic acid groups (broad SMARTS) is 1. The van der Waals surface area contributed by atoms with Crippen molar-refractivity contribution in [3.63, 3.8) is 0 Å². The van der Waals surface area contributed by atoms with Crippen molar-refractivity contribution in [1.82, 2.24) is 10.2 Å². The molecule has 3 N–H and O–H groups in total. The third-order valence-corrected chi connectivity index (χ3v) is 4.61. The number of aryl methyl sites for hydroxylation is 1. The first-order valence-electron chi connectivity index (χ1n) is 8.18. The van der Waals surface area contributed by atoms with E-state index in [0.717, 1.165) is 16.0 Å². The standard InChI is InChI=1S/C17H20F3N3O4/c1-9-4-3-5-13(10(9)2)21-16(27)22-14(24)8-23-6-11(15(25)26)12(7-23)17(18,19)20/h3-5,11-12H,6-8H2,1-2H3,(H,25,26)(H2,21,22,24,27)/t11-,12-/m1/s1. The maximum Gasteiger partial charge on any atom is 0.393 e. The summed E-state index contributed by atoms with van der Waals surface area (Å²) in [6.45, 7) is 2.13. The fraction of sp³-hybridized carbons (Fsp3) is 0.471. The van der Waals surface area contributed by atoms with Crippen molar-refractivity contribution in [2.75, 3.05) is 25.0 Å². The van der Waals surface area contributed by atoms with Crippen molar-refractivity contribution in [1.29, 1.82) is 0 Å². The predicted molar refractivity (Wildman–Crippen MR) is 90.2 cm³/mol. The van der Waals surface area contributed by atoms with Crippen LogP contribution in [-0.2, 0) is 9.59 Å². The summed E-state index contributed by atoms with van der Waals surface area (Å²) in [7, 11) is 0. The van der Waals surface area contributed by atoms with E-state index in [-0.39, 0.29) is 0 Å². The van der Waals surface area contributed by atoms with Crippen LogP contribution in [0.15, 0.2) is 18.2 Å². The van der Waals surface area contributed by atoms with Crippen molar-refractivity contribution in [3.8, 4) is 0 Å². The highest BCUT2D eigenvalue weighted by Crippen LogP contribution is 2.37. The number of carboxylic acids is 1. The van der Waals surface area contributed by atoms with Crippen LogP contribution >= 0.6 is 0 Å². The molecule has 3 amide bonds. The Morgan fingerprint density at radius 2 is 1.89 bits per heavy atom. The van der Waals surface area contributed by atoms with Gasteiger partial charge < -0.3 is 10.4 Å². The smallest absolute Gasteiger partial charge is 0.393 e. The molecule has 148 valence electrons. The minimum absolute atomic E-state index is 0.411. The molecule has 7 nitrogen and oxygen atoms in total. The Morgan fingerprint density at radius 3 is 2.44 bits per heavy atom. The van der Waals surface area contributed by atoms with Crippen LogP contribution in [0, 0.1) is 25.7 Å². The molecule has 0 saturated carbocycles. The number of hydrogen-bond donors (Lipinski definition) is 3. The Morgan fingerprint density at radius 1 is 1.22 bits per heavy atom. The molecule has 0 unspecified atom stereocenters. The van der Waals surface area contributed by atoms with E-state index in [1.54, 1.807) is 19.1 Å². The minimum atomic E-state index is -4.67. The molecule has 1 fully saturated rings. The third-order valence-electron chi connectivity index (χ3n) is 4.61. The van der Waals surface area contributed by atoms with Crippen LogP contribution in [0.2, 0.25) is 0 Å². The summed E-state index contributed by atoms with van der Waals surface area (Å²) in [5, 5.41) is 13.5. The molecule has 10 heteroatoms. The molecule has 1 aromatic carbocycles. The lowest BCUT2D eigenvalue weighted by Crippen LogP contribution is -2.41. The second kappa shape index (κ2) is 7.95. The summed E-state index contributed by atoms with van der Waals surface area (Å²) in [6.07, 6.45) is -4.67. The van der Waals surface area contributed by atoms with E-state index in [1.807, 2.05) is 18.3 Å². The lowest BCUT2D eigenvalue weighted by Gasteiger charge is -2.18. The number of carbonyl (C=O) groups excluding carboxylic acids is 2. The van der Waals surface area contributed by atoms with Gasteiger partial charge in [-0.05, 0) is 31.0 Å². The van der Waals surface area contributed by atoms with E-state index in [0.29, 0.717) is 5.69 Å². The van der Waals surface area contributed by atoms with Gasteiger partial charge in [0.25, 0.3) is 0 Å². The van der Waals surface area contributed by atoms with E-state index in [9.17, 15) is 27.6 Å². The van der Waals surface area contributed by atoms with Crippen LogP contribution in [0.4, 0.5) is 23.7 Å². The van der Waals surface area contributed by atoms with Crippen molar-refractivity contribution < 1.29 is 32.7 Å². The number of urea groups is 1. The first-order valence-corrected chi connectivity index (χ1v) is 8.18. The second-order valence-electron chi connectivity index (χ2n) is 6.54. The first kappa shape index (κ1) is 20.7. The van der Waals surface area contributed by atoms with Crippen LogP contribution in [0.25, 0.3) is 0 Å². The van der Waals surface area contributed by atoms with Crippen molar-refractivity contribution in [2.45, 2.75) is 20.0 Å². The molecule has 1 aromatic rings. The van der Waals surface area contributed by atoms with Crippen LogP contribution in [0.3, 0.4) is 0 Å². The Bertz CT molecular complexity index is 751. The highest BCUT2D eigenvalue weighted by atomic mass is 19.4. The largest absolute Gasteiger partial charge is 0.481 e. The Labute approximate surface area is 153 Å². The van der Waals surface area contributed by atoms with Gasteiger partial charge in [-0.15, -0.1) is 0 Å². The fourth-order valence-corrected chi connectivity index (χ4v) is 3.01. The highest BCUT2D eigenvalue weighted by Gasteiger charge is 2.52. The number of imide groups is 1. The van der Waals surface area contributed by atoms with Gasteiger partial charge in [0.2, 0.25) is 5.91 Å². The van der Waals surface area contributed by atoms with Gasteiger partial charge in [-0.3, -0.25) is 19.8 Å². The topological polar surface area (TPSA) is 98.7 Å². The summed E-state index contributed by atoms with van der Waals surface area (Å²) in [4.78, 5) is 36.0. The highest BCUT2D eigenvalue weighted by molar-refractivity contribution is 6.02. The Kier molecular flexibility index (Phi) is 6.09. The molecule has 0 aromatic heterocycles. The van der Waals surface area contributed by atoms with Crippen LogP contribution < -0.4 is 10.6 Å². The summed E-state index contributed by atoms with van der Waals surface area (Å²) in [5.41, 5.74) is 2.26. The Balaban J connectivity index is 1.93. The SMILES string of the molecule is Cc1cccc(NC(=O)NC(=O)CN2C[C@@H](C(F)(F)F)[C@H](C(=O)O)C2)c1C. The maximum atomic E-state index is 13.0. The van der Waals surface area contributed by atoms with Crippen LogP contribution in [-0.4, -0.2) is 53.7 Å². The number of likely N-dealkylation sites (tertiary alicyclic amines) is 1. The molecule has 0 spiro atoms. The molecule has 27 heavy (non-hydrogen) atoms. The minimum Gasteiger partial charge on any atom is -0.481 e. The van der Waals surface area contributed by atoms with Crippen LogP contribution in [0.5, 0.6) is 0 Å². The van der Waals surface area contributed by atoms with Gasteiger partial charge in [-0.25, -0.2) is 4.79 Å². The van der Waals surface area contributed by atoms with Gasteiger partial charge in [0.15, 0.2) is 0 Å². The van der Waals surface area contributed by atoms with E-state index < -0.39 is 55.6 Å². The number of aliphatic carboxylic acids is 1. The number of amides is 3. The molecule has 1 aliphatic heterocycles. The number of nitrogens with one attached hydrogen (secondary N) is 2. The molecule has 0 aliphatic carbocycles. The zero-order valence-corrected chi connectivity index (χ0v) is 14.8. The maximum absolute atomic E-state index is 13.0. The molecular weight excluding hydrogens is 367 g/mol. The number of nitrogens with zero attached hydrogens (tertiary/aromatic N) is 1. The van der Waals surface area contributed by atoms with E-state index in [1.165, 1.54) is 0 Å². The van der Waals surface area contributed by atoms with Crippen molar-refractivity contribution in [3.05, 3.63) is 29.3 Å². The number of hydrogen-bond acceptors (Lipinski definition) is 4. The van der Waals surface area contributed by atoms with Gasteiger partial charge in [0.05, 0.1) is 18.4 Å². The molecule has 1 heterocycles. The number of rotatable bonds is 4. The second-order valence-corrected chi connectivity index (χ2v) is 6.54. The summed E-state index contributed by atoms with van der Waals surface area (Å²) in [6, 6.07) is 4.42. The third kappa shape index (κ3) is 5.19.